The maximum absolute atomic E-state index is 5.33. The summed E-state index contributed by atoms with van der Waals surface area (Å²) in [5.41, 5.74) is 15.9. The van der Waals surface area contributed by atoms with Gasteiger partial charge in [-0.3, -0.25) is 0 Å². The van der Waals surface area contributed by atoms with Crippen molar-refractivity contribution >= 4 is 32.6 Å². The lowest BCUT2D eigenvalue weighted by Crippen LogP contribution is -2.33. The first-order valence-corrected chi connectivity index (χ1v) is 20.5. The van der Waals surface area contributed by atoms with Crippen LogP contribution in [-0.4, -0.2) is 19.5 Å². The standard InChI is InChI=1S/C56H34N4/c1-3-18-36(19-4-1)53-57-54(37-20-5-2-6-21-37)59-55(58-53)51-38-22-8-7-17-35(38)33-34-41(51)40-25-15-29-46-50(40)43-24-9-11-27-44(43)56(46)45-28-12-14-32-49(45)60-48-31-13-10-23-39(48)42-26-16-30-47(56)52(42)60/h1-34H. The Balaban J connectivity index is 1.15. The Morgan fingerprint density at radius 3 is 1.68 bits per heavy atom. The van der Waals surface area contributed by atoms with E-state index in [0.29, 0.717) is 17.5 Å². The van der Waals surface area contributed by atoms with Crippen LogP contribution in [0.3, 0.4) is 0 Å². The van der Waals surface area contributed by atoms with Crippen LogP contribution in [0.1, 0.15) is 22.3 Å². The minimum atomic E-state index is -0.562. The van der Waals surface area contributed by atoms with Crippen LogP contribution < -0.4 is 0 Å². The Morgan fingerprint density at radius 2 is 0.883 bits per heavy atom. The number of hydrogen-bond acceptors (Lipinski definition) is 3. The average molecular weight is 763 g/mol. The highest BCUT2D eigenvalue weighted by Gasteiger charge is 2.51. The number of para-hydroxylation sites is 3. The predicted molar refractivity (Wildman–Crippen MR) is 244 cm³/mol. The Morgan fingerprint density at radius 1 is 0.333 bits per heavy atom. The molecule has 278 valence electrons. The highest BCUT2D eigenvalue weighted by Crippen LogP contribution is 2.62. The maximum Gasteiger partial charge on any atom is 0.165 e. The predicted octanol–water partition coefficient (Wildman–Crippen LogP) is 13.5. The highest BCUT2D eigenvalue weighted by atomic mass is 15.0. The topological polar surface area (TPSA) is 43.6 Å². The third-order valence-corrected chi connectivity index (χ3v) is 12.9. The van der Waals surface area contributed by atoms with E-state index in [9.17, 15) is 0 Å². The molecule has 0 saturated heterocycles. The van der Waals surface area contributed by atoms with Crippen LogP contribution in [0.5, 0.6) is 0 Å². The van der Waals surface area contributed by atoms with E-state index in [0.717, 1.165) is 38.6 Å². The lowest BCUT2D eigenvalue weighted by Gasteiger charge is -2.39. The van der Waals surface area contributed by atoms with Gasteiger partial charge in [0.25, 0.3) is 0 Å². The molecule has 0 fully saturated rings. The molecule has 1 spiro atoms. The number of aromatic nitrogens is 4. The van der Waals surface area contributed by atoms with Crippen molar-refractivity contribution < 1.29 is 0 Å². The van der Waals surface area contributed by atoms with E-state index in [1.165, 1.54) is 60.9 Å². The molecule has 2 aromatic heterocycles. The average Bonchev–Trinajstić information content (AvgIpc) is 3.82. The first-order chi connectivity index (χ1) is 29.8. The smallest absolute Gasteiger partial charge is 0.165 e. The van der Waals surface area contributed by atoms with Gasteiger partial charge in [-0.25, -0.2) is 15.0 Å². The quantitative estimate of drug-likeness (QED) is 0.179. The summed E-state index contributed by atoms with van der Waals surface area (Å²) >= 11 is 0. The van der Waals surface area contributed by atoms with Crippen molar-refractivity contribution in [2.75, 3.05) is 0 Å². The van der Waals surface area contributed by atoms with Crippen molar-refractivity contribution in [1.29, 1.82) is 0 Å². The van der Waals surface area contributed by atoms with Gasteiger partial charge in [0.1, 0.15) is 0 Å². The fourth-order valence-corrected chi connectivity index (χ4v) is 10.5. The first-order valence-electron chi connectivity index (χ1n) is 20.5. The molecule has 2 aliphatic rings. The molecule has 1 atom stereocenters. The van der Waals surface area contributed by atoms with Crippen molar-refractivity contribution in [1.82, 2.24) is 19.5 Å². The summed E-state index contributed by atoms with van der Waals surface area (Å²) in [5, 5.41) is 4.76. The summed E-state index contributed by atoms with van der Waals surface area (Å²) in [5.74, 6) is 1.93. The van der Waals surface area contributed by atoms with Crippen LogP contribution in [0.25, 0.3) is 94.7 Å². The van der Waals surface area contributed by atoms with Crippen LogP contribution >= 0.6 is 0 Å². The molecule has 3 heterocycles. The van der Waals surface area contributed by atoms with Gasteiger partial charge < -0.3 is 4.57 Å². The minimum absolute atomic E-state index is 0.562. The first kappa shape index (κ1) is 33.1. The van der Waals surface area contributed by atoms with Crippen LogP contribution in [0.2, 0.25) is 0 Å². The molecule has 13 rings (SSSR count). The van der Waals surface area contributed by atoms with Crippen molar-refractivity contribution in [3.8, 4) is 62.1 Å². The van der Waals surface area contributed by atoms with E-state index in [4.69, 9.17) is 15.0 Å². The van der Waals surface area contributed by atoms with Crippen LogP contribution in [0.4, 0.5) is 0 Å². The summed E-state index contributed by atoms with van der Waals surface area (Å²) in [7, 11) is 0. The second-order valence-corrected chi connectivity index (χ2v) is 15.8. The van der Waals surface area contributed by atoms with E-state index >= 15 is 0 Å². The Labute approximate surface area is 346 Å². The zero-order chi connectivity index (χ0) is 39.4. The van der Waals surface area contributed by atoms with E-state index in [2.05, 4.69) is 174 Å². The Kier molecular flexibility index (Phi) is 6.90. The molecular formula is C56H34N4. The number of hydrogen-bond donors (Lipinski definition) is 0. The lowest BCUT2D eigenvalue weighted by atomic mass is 9.65. The van der Waals surface area contributed by atoms with Gasteiger partial charge in [0.05, 0.1) is 22.1 Å². The monoisotopic (exact) mass is 762 g/mol. The Bertz CT molecular complexity index is 3490. The number of nitrogens with zero attached hydrogens (tertiary/aromatic N) is 4. The van der Waals surface area contributed by atoms with Crippen molar-refractivity contribution in [3.05, 3.63) is 229 Å². The third kappa shape index (κ3) is 4.42. The summed E-state index contributed by atoms with van der Waals surface area (Å²) < 4.78 is 2.50. The summed E-state index contributed by atoms with van der Waals surface area (Å²) in [4.78, 5) is 15.7. The Hall–Kier alpha value is -7.95. The molecule has 0 bridgehead atoms. The second kappa shape index (κ2) is 12.5. The van der Waals surface area contributed by atoms with Gasteiger partial charge >= 0.3 is 0 Å². The van der Waals surface area contributed by atoms with Crippen LogP contribution in [-0.2, 0) is 5.41 Å². The van der Waals surface area contributed by atoms with Gasteiger partial charge in [-0.1, -0.05) is 194 Å². The van der Waals surface area contributed by atoms with Crippen molar-refractivity contribution in [2.45, 2.75) is 5.41 Å². The molecular weight excluding hydrogens is 729 g/mol. The largest absolute Gasteiger partial charge is 0.309 e. The third-order valence-electron chi connectivity index (χ3n) is 12.9. The van der Waals surface area contributed by atoms with Gasteiger partial charge in [0, 0.05) is 27.5 Å². The summed E-state index contributed by atoms with van der Waals surface area (Å²) in [6.07, 6.45) is 0. The number of fused-ring (bicyclic) bond motifs is 13. The molecule has 0 saturated carbocycles. The lowest BCUT2D eigenvalue weighted by molar-refractivity contribution is 0.748. The summed E-state index contributed by atoms with van der Waals surface area (Å²) in [6.45, 7) is 0. The van der Waals surface area contributed by atoms with Crippen LogP contribution in [0.15, 0.2) is 206 Å². The minimum Gasteiger partial charge on any atom is -0.309 e. The molecule has 60 heavy (non-hydrogen) atoms. The van der Waals surface area contributed by atoms with E-state index in [-0.39, 0.29) is 0 Å². The molecule has 0 radical (unpaired) electrons. The van der Waals surface area contributed by atoms with Crippen molar-refractivity contribution in [2.24, 2.45) is 0 Å². The van der Waals surface area contributed by atoms with Gasteiger partial charge in [0.2, 0.25) is 0 Å². The summed E-state index contributed by atoms with van der Waals surface area (Å²) in [6, 6.07) is 74.4. The fraction of sp³-hybridized carbons (Fsp3) is 0.0179. The molecule has 4 heteroatoms. The zero-order valence-corrected chi connectivity index (χ0v) is 32.4. The number of rotatable bonds is 4. The molecule has 0 N–H and O–H groups in total. The van der Waals surface area contributed by atoms with Gasteiger partial charge in [-0.15, -0.1) is 0 Å². The van der Waals surface area contributed by atoms with Crippen LogP contribution in [0, 0.1) is 0 Å². The molecule has 0 amide bonds. The van der Waals surface area contributed by atoms with Crippen molar-refractivity contribution in [3.63, 3.8) is 0 Å². The molecule has 4 nitrogen and oxygen atoms in total. The van der Waals surface area contributed by atoms with Gasteiger partial charge in [-0.05, 0) is 67.4 Å². The molecule has 1 aliphatic carbocycles. The fourth-order valence-electron chi connectivity index (χ4n) is 10.5. The molecule has 9 aromatic carbocycles. The van der Waals surface area contributed by atoms with E-state index < -0.39 is 5.41 Å². The normalized spacial score (nSPS) is 14.7. The zero-order valence-electron chi connectivity index (χ0n) is 32.4. The van der Waals surface area contributed by atoms with E-state index in [1.807, 2.05) is 36.4 Å². The van der Waals surface area contributed by atoms with E-state index in [1.54, 1.807) is 0 Å². The maximum atomic E-state index is 5.33. The molecule has 1 aliphatic heterocycles. The highest BCUT2D eigenvalue weighted by molar-refractivity contribution is 6.13. The second-order valence-electron chi connectivity index (χ2n) is 15.8. The van der Waals surface area contributed by atoms with Gasteiger partial charge in [-0.2, -0.15) is 0 Å². The SMILES string of the molecule is c1ccc(-c2nc(-c3ccccc3)nc(-c3c(-c4cccc5c4-c4ccccc4C54c5ccccc5-n5c6ccccc6c6cccc4c65)ccc4ccccc34)n2)cc1. The van der Waals surface area contributed by atoms with Gasteiger partial charge in [0.15, 0.2) is 17.5 Å². The number of benzene rings is 9. The molecule has 1 unspecified atom stereocenters. The molecule has 11 aromatic rings.